The number of ether oxygens (including phenoxy) is 2. The molecule has 3 rings (SSSR count). The van der Waals surface area contributed by atoms with Crippen LogP contribution in [-0.2, 0) is 20.7 Å². The molecule has 2 aromatic carbocycles. The lowest BCUT2D eigenvalue weighted by Crippen LogP contribution is -2.27. The van der Waals surface area contributed by atoms with Crippen LogP contribution in [0.2, 0.25) is 10.0 Å². The summed E-state index contributed by atoms with van der Waals surface area (Å²) in [6.07, 6.45) is 0.236. The second-order valence-corrected chi connectivity index (χ2v) is 9.46. The molecule has 0 aliphatic carbocycles. The highest BCUT2D eigenvalue weighted by atomic mass is 35.5. The third kappa shape index (κ3) is 5.95. The van der Waals surface area contributed by atoms with Crippen LogP contribution in [0.1, 0.15) is 37.5 Å². The average Bonchev–Trinajstić information content (AvgIpc) is 2.74. The zero-order valence-corrected chi connectivity index (χ0v) is 20.3. The summed E-state index contributed by atoms with van der Waals surface area (Å²) < 4.78 is 15.9. The van der Waals surface area contributed by atoms with Gasteiger partial charge in [0, 0.05) is 38.9 Å². The van der Waals surface area contributed by atoms with Crippen molar-refractivity contribution in [1.29, 1.82) is 0 Å². The molecule has 0 bridgehead atoms. The van der Waals surface area contributed by atoms with Crippen molar-refractivity contribution in [1.82, 2.24) is 0 Å². The van der Waals surface area contributed by atoms with Crippen molar-refractivity contribution in [3.8, 4) is 5.75 Å². The number of aryl methyl sites for hydroxylation is 1. The van der Waals surface area contributed by atoms with Gasteiger partial charge in [-0.15, -0.1) is 0 Å². The number of Topliss-reactive ketones (excluding diaryl/α,β-unsaturated/α-hetero) is 1. The van der Waals surface area contributed by atoms with Crippen LogP contribution < -0.4 is 10.4 Å². The van der Waals surface area contributed by atoms with Crippen LogP contribution in [0.5, 0.6) is 5.75 Å². The molecule has 0 fully saturated rings. The van der Waals surface area contributed by atoms with Gasteiger partial charge in [0.1, 0.15) is 11.3 Å². The zero-order chi connectivity index (χ0) is 24.3. The molecule has 0 N–H and O–H groups in total. The summed E-state index contributed by atoms with van der Waals surface area (Å²) in [6, 6.07) is 10.1. The summed E-state index contributed by atoms with van der Waals surface area (Å²) >= 11 is 12.5. The Kier molecular flexibility index (Phi) is 7.50. The second kappa shape index (κ2) is 9.98. The number of hydrogen-bond donors (Lipinski definition) is 0. The highest BCUT2D eigenvalue weighted by molar-refractivity contribution is 6.36. The minimum Gasteiger partial charge on any atom is -0.482 e. The standard InChI is InChI=1S/C25H24Cl2O6/c1-14-16-9-8-15(31-13-23(29)32-12-22(28)25(2,3)4)10-21(16)33-24(30)17(14)11-18-19(26)6-5-7-20(18)27/h5-10H,11-13H2,1-4H3. The van der Waals surface area contributed by atoms with Gasteiger partial charge in [-0.2, -0.15) is 0 Å². The maximum atomic E-state index is 12.7. The molecule has 174 valence electrons. The Bertz CT molecular complexity index is 1250. The van der Waals surface area contributed by atoms with Crippen LogP contribution in [0.15, 0.2) is 45.6 Å². The predicted molar refractivity (Wildman–Crippen MR) is 127 cm³/mol. The largest absolute Gasteiger partial charge is 0.482 e. The molecular formula is C25H24Cl2O6. The number of rotatable bonds is 7. The fourth-order valence-corrected chi connectivity index (χ4v) is 3.62. The number of carbonyl (C=O) groups is 2. The Labute approximate surface area is 201 Å². The first kappa shape index (κ1) is 24.8. The van der Waals surface area contributed by atoms with Crippen molar-refractivity contribution in [2.45, 2.75) is 34.1 Å². The van der Waals surface area contributed by atoms with E-state index < -0.39 is 17.0 Å². The molecule has 0 spiro atoms. The SMILES string of the molecule is Cc1c(Cc2c(Cl)cccc2Cl)c(=O)oc2cc(OCC(=O)OCC(=O)C(C)(C)C)ccc12. The maximum Gasteiger partial charge on any atom is 0.344 e. The van der Waals surface area contributed by atoms with E-state index in [1.165, 1.54) is 6.07 Å². The second-order valence-electron chi connectivity index (χ2n) is 8.65. The fraction of sp³-hybridized carbons (Fsp3) is 0.320. The van der Waals surface area contributed by atoms with Crippen LogP contribution in [-0.4, -0.2) is 25.0 Å². The molecule has 0 saturated carbocycles. The summed E-state index contributed by atoms with van der Waals surface area (Å²) in [5, 5.41) is 1.67. The third-order valence-corrected chi connectivity index (χ3v) is 5.94. The average molecular weight is 491 g/mol. The van der Waals surface area contributed by atoms with Gasteiger partial charge in [0.2, 0.25) is 0 Å². The molecule has 6 nitrogen and oxygen atoms in total. The topological polar surface area (TPSA) is 82.8 Å². The van der Waals surface area contributed by atoms with E-state index in [0.29, 0.717) is 32.5 Å². The molecule has 0 aliphatic rings. The van der Waals surface area contributed by atoms with E-state index in [1.807, 2.05) is 6.92 Å². The number of halogens is 2. The summed E-state index contributed by atoms with van der Waals surface area (Å²) in [5.41, 5.74) is 1.07. The molecule has 0 amide bonds. The molecule has 0 unspecified atom stereocenters. The number of hydrogen-bond acceptors (Lipinski definition) is 6. The quantitative estimate of drug-likeness (QED) is 0.319. The zero-order valence-electron chi connectivity index (χ0n) is 18.8. The van der Waals surface area contributed by atoms with Crippen molar-refractivity contribution >= 4 is 45.9 Å². The van der Waals surface area contributed by atoms with Gasteiger partial charge in [0.15, 0.2) is 19.0 Å². The van der Waals surface area contributed by atoms with Crippen LogP contribution in [0, 0.1) is 12.3 Å². The summed E-state index contributed by atoms with van der Waals surface area (Å²) in [5.74, 6) is -0.531. The Balaban J connectivity index is 1.75. The fourth-order valence-electron chi connectivity index (χ4n) is 3.09. The Morgan fingerprint density at radius 1 is 1.00 bits per heavy atom. The Hall–Kier alpha value is -2.83. The van der Waals surface area contributed by atoms with Gasteiger partial charge in [-0.25, -0.2) is 9.59 Å². The van der Waals surface area contributed by atoms with E-state index in [1.54, 1.807) is 51.1 Å². The van der Waals surface area contributed by atoms with Gasteiger partial charge in [-0.1, -0.05) is 50.0 Å². The van der Waals surface area contributed by atoms with Crippen molar-refractivity contribution in [3.63, 3.8) is 0 Å². The maximum absolute atomic E-state index is 12.7. The summed E-state index contributed by atoms with van der Waals surface area (Å²) in [7, 11) is 0. The normalized spacial score (nSPS) is 11.5. The summed E-state index contributed by atoms with van der Waals surface area (Å²) in [4.78, 5) is 36.4. The number of ketones is 1. The van der Waals surface area contributed by atoms with E-state index in [2.05, 4.69) is 0 Å². The molecule has 0 saturated heterocycles. The van der Waals surface area contributed by atoms with Gasteiger partial charge >= 0.3 is 11.6 Å². The highest BCUT2D eigenvalue weighted by Gasteiger charge is 2.22. The van der Waals surface area contributed by atoms with E-state index in [9.17, 15) is 14.4 Å². The third-order valence-electron chi connectivity index (χ3n) is 5.23. The van der Waals surface area contributed by atoms with Crippen molar-refractivity contribution in [2.75, 3.05) is 13.2 Å². The molecule has 1 aromatic heterocycles. The molecule has 1 heterocycles. The van der Waals surface area contributed by atoms with E-state index in [-0.39, 0.29) is 25.4 Å². The Morgan fingerprint density at radius 2 is 1.67 bits per heavy atom. The highest BCUT2D eigenvalue weighted by Crippen LogP contribution is 2.29. The van der Waals surface area contributed by atoms with Crippen molar-refractivity contribution in [3.05, 3.63) is 73.6 Å². The molecule has 0 aliphatic heterocycles. The van der Waals surface area contributed by atoms with Crippen LogP contribution in [0.25, 0.3) is 11.0 Å². The molecule has 0 atom stereocenters. The number of esters is 1. The van der Waals surface area contributed by atoms with Crippen molar-refractivity contribution < 1.29 is 23.5 Å². The molecule has 8 heteroatoms. The molecule has 3 aromatic rings. The number of fused-ring (bicyclic) bond motifs is 1. The van der Waals surface area contributed by atoms with Crippen LogP contribution in [0.4, 0.5) is 0 Å². The Morgan fingerprint density at radius 3 is 2.30 bits per heavy atom. The lowest BCUT2D eigenvalue weighted by atomic mass is 9.91. The van der Waals surface area contributed by atoms with E-state index >= 15 is 0 Å². The first-order valence-electron chi connectivity index (χ1n) is 10.3. The lowest BCUT2D eigenvalue weighted by molar-refractivity contribution is -0.151. The smallest absolute Gasteiger partial charge is 0.344 e. The number of carbonyl (C=O) groups excluding carboxylic acids is 2. The van der Waals surface area contributed by atoms with Gasteiger partial charge in [0.05, 0.1) is 0 Å². The number of benzene rings is 2. The van der Waals surface area contributed by atoms with Gasteiger partial charge in [-0.3, -0.25) is 4.79 Å². The first-order chi connectivity index (χ1) is 15.5. The minimum atomic E-state index is -0.669. The lowest BCUT2D eigenvalue weighted by Gasteiger charge is -2.16. The van der Waals surface area contributed by atoms with Crippen LogP contribution >= 0.6 is 23.2 Å². The van der Waals surface area contributed by atoms with E-state index in [4.69, 9.17) is 37.1 Å². The summed E-state index contributed by atoms with van der Waals surface area (Å²) in [6.45, 7) is 6.38. The van der Waals surface area contributed by atoms with Gasteiger partial charge in [0.25, 0.3) is 0 Å². The van der Waals surface area contributed by atoms with Gasteiger partial charge in [-0.05, 0) is 42.3 Å². The molecular weight excluding hydrogens is 467 g/mol. The molecule has 33 heavy (non-hydrogen) atoms. The van der Waals surface area contributed by atoms with Gasteiger partial charge < -0.3 is 13.9 Å². The van der Waals surface area contributed by atoms with E-state index in [0.717, 1.165) is 10.9 Å². The predicted octanol–water partition coefficient (Wildman–Crippen LogP) is 5.54. The van der Waals surface area contributed by atoms with Crippen molar-refractivity contribution in [2.24, 2.45) is 5.41 Å². The monoisotopic (exact) mass is 490 g/mol. The first-order valence-corrected chi connectivity index (χ1v) is 11.0. The van der Waals surface area contributed by atoms with Crippen LogP contribution in [0.3, 0.4) is 0 Å². The molecule has 0 radical (unpaired) electrons. The minimum absolute atomic E-state index is 0.187.